The summed E-state index contributed by atoms with van der Waals surface area (Å²) in [5, 5.41) is 21.2. The normalized spacial score (nSPS) is 10.7. The molecule has 2 aromatic rings. The van der Waals surface area contributed by atoms with Crippen molar-refractivity contribution in [3.8, 4) is 23.6 Å². The van der Waals surface area contributed by atoms with Crippen molar-refractivity contribution in [1.82, 2.24) is 9.97 Å². The Bertz CT molecular complexity index is 1140. The van der Waals surface area contributed by atoms with Gasteiger partial charge < -0.3 is 18.9 Å². The fourth-order valence-corrected chi connectivity index (χ4v) is 2.79. The maximum atomic E-state index is 12.5. The number of esters is 2. The fourth-order valence-electron chi connectivity index (χ4n) is 2.44. The van der Waals surface area contributed by atoms with Crippen LogP contribution >= 0.6 is 11.8 Å². The van der Waals surface area contributed by atoms with Gasteiger partial charge in [0.1, 0.15) is 17.4 Å². The van der Waals surface area contributed by atoms with Crippen LogP contribution in [0.1, 0.15) is 43.6 Å². The SMILES string of the molecule is CCOC(=O)COc1nc(SC)nc(Oc2ccc(C#N)c(C(=O)OC(C)(C)C)c2)c1[N+](=O)[O-]. The molecule has 0 atom stereocenters. The van der Waals surface area contributed by atoms with Gasteiger partial charge in [-0.3, -0.25) is 10.1 Å². The summed E-state index contributed by atoms with van der Waals surface area (Å²) in [6.45, 7) is 6.11. The predicted molar refractivity (Wildman–Crippen MR) is 119 cm³/mol. The highest BCUT2D eigenvalue weighted by molar-refractivity contribution is 7.98. The van der Waals surface area contributed by atoms with Crippen molar-refractivity contribution < 1.29 is 33.5 Å². The summed E-state index contributed by atoms with van der Waals surface area (Å²) in [5.74, 6) is -2.51. The molecule has 0 fully saturated rings. The number of hydrogen-bond donors (Lipinski definition) is 0. The number of benzene rings is 1. The van der Waals surface area contributed by atoms with Crippen molar-refractivity contribution in [3.05, 3.63) is 39.4 Å². The van der Waals surface area contributed by atoms with Gasteiger partial charge in [-0.1, -0.05) is 11.8 Å². The van der Waals surface area contributed by atoms with Crippen LogP contribution in [0, 0.1) is 21.4 Å². The predicted octanol–water partition coefficient (Wildman–Crippen LogP) is 3.67. The summed E-state index contributed by atoms with van der Waals surface area (Å²) < 4.78 is 20.9. The zero-order valence-electron chi connectivity index (χ0n) is 19.1. The van der Waals surface area contributed by atoms with Gasteiger partial charge in [-0.05, 0) is 52.1 Å². The van der Waals surface area contributed by atoms with Crippen molar-refractivity contribution in [2.45, 2.75) is 38.5 Å². The van der Waals surface area contributed by atoms with Gasteiger partial charge >= 0.3 is 29.4 Å². The first-order chi connectivity index (χ1) is 16.0. The smallest absolute Gasteiger partial charge is 0.392 e. The van der Waals surface area contributed by atoms with Gasteiger partial charge in [-0.15, -0.1) is 0 Å². The molecule has 0 saturated carbocycles. The number of nitro groups is 1. The van der Waals surface area contributed by atoms with Crippen molar-refractivity contribution in [2.24, 2.45) is 0 Å². The number of aromatic nitrogens is 2. The van der Waals surface area contributed by atoms with E-state index in [1.54, 1.807) is 34.0 Å². The minimum Gasteiger partial charge on any atom is -0.463 e. The van der Waals surface area contributed by atoms with Crippen molar-refractivity contribution in [1.29, 1.82) is 5.26 Å². The van der Waals surface area contributed by atoms with E-state index in [9.17, 15) is 25.0 Å². The molecule has 1 aromatic carbocycles. The molecule has 0 unspecified atom stereocenters. The molecule has 0 N–H and O–H groups in total. The van der Waals surface area contributed by atoms with Gasteiger partial charge in [0.2, 0.25) is 0 Å². The number of nitrogens with zero attached hydrogens (tertiary/aromatic N) is 4. The van der Waals surface area contributed by atoms with Crippen molar-refractivity contribution >= 4 is 29.4 Å². The van der Waals surface area contributed by atoms with Crippen LogP contribution in [0.15, 0.2) is 23.4 Å². The molecule has 1 heterocycles. The lowest BCUT2D eigenvalue weighted by Crippen LogP contribution is -2.24. The third-order valence-corrected chi connectivity index (χ3v) is 4.29. The minimum absolute atomic E-state index is 0.0231. The van der Waals surface area contributed by atoms with Gasteiger partial charge in [0.05, 0.1) is 22.7 Å². The van der Waals surface area contributed by atoms with E-state index in [1.165, 1.54) is 18.2 Å². The second-order valence-electron chi connectivity index (χ2n) is 7.44. The maximum Gasteiger partial charge on any atom is 0.392 e. The highest BCUT2D eigenvalue weighted by Crippen LogP contribution is 2.38. The standard InChI is InChI=1S/C21H22N4O8S/c1-6-30-15(26)11-31-17-16(25(28)29)18(24-20(23-17)34-5)32-13-8-7-12(10-22)14(9-13)19(27)33-21(2,3)4/h7-9H,6,11H2,1-5H3. The Labute approximate surface area is 199 Å². The number of carbonyl (C=O) groups is 2. The van der Waals surface area contributed by atoms with Gasteiger partial charge in [-0.2, -0.15) is 15.2 Å². The molecular formula is C21H22N4O8S. The molecular weight excluding hydrogens is 468 g/mol. The Morgan fingerprint density at radius 3 is 2.47 bits per heavy atom. The van der Waals surface area contributed by atoms with Crippen molar-refractivity contribution in [3.63, 3.8) is 0 Å². The second kappa shape index (κ2) is 11.3. The van der Waals surface area contributed by atoms with E-state index < -0.39 is 46.5 Å². The first-order valence-corrected chi connectivity index (χ1v) is 11.1. The molecule has 0 aliphatic rings. The lowest BCUT2D eigenvalue weighted by molar-refractivity contribution is -0.387. The van der Waals surface area contributed by atoms with E-state index >= 15 is 0 Å². The van der Waals surface area contributed by atoms with Gasteiger partial charge in [0.15, 0.2) is 11.8 Å². The average Bonchev–Trinajstić information content (AvgIpc) is 2.76. The summed E-state index contributed by atoms with van der Waals surface area (Å²) in [5.41, 5.74) is -1.60. The van der Waals surface area contributed by atoms with Crippen LogP contribution in [0.5, 0.6) is 17.5 Å². The van der Waals surface area contributed by atoms with Crippen LogP contribution < -0.4 is 9.47 Å². The Balaban J connectivity index is 2.49. The molecule has 180 valence electrons. The van der Waals surface area contributed by atoms with E-state index in [4.69, 9.17) is 18.9 Å². The second-order valence-corrected chi connectivity index (χ2v) is 8.22. The minimum atomic E-state index is -0.821. The molecule has 34 heavy (non-hydrogen) atoms. The highest BCUT2D eigenvalue weighted by Gasteiger charge is 2.30. The average molecular weight is 490 g/mol. The van der Waals surface area contributed by atoms with Crippen molar-refractivity contribution in [2.75, 3.05) is 19.5 Å². The number of ether oxygens (including phenoxy) is 4. The van der Waals surface area contributed by atoms with Crippen LogP contribution in [0.2, 0.25) is 0 Å². The molecule has 2 rings (SSSR count). The van der Waals surface area contributed by atoms with Crippen LogP contribution in [-0.2, 0) is 14.3 Å². The summed E-state index contributed by atoms with van der Waals surface area (Å²) in [6, 6.07) is 5.77. The summed E-state index contributed by atoms with van der Waals surface area (Å²) in [4.78, 5) is 43.1. The molecule has 13 heteroatoms. The fraction of sp³-hybridized carbons (Fsp3) is 0.381. The van der Waals surface area contributed by atoms with Crippen LogP contribution in [0.3, 0.4) is 0 Å². The van der Waals surface area contributed by atoms with E-state index in [2.05, 4.69) is 9.97 Å². The number of rotatable bonds is 9. The third-order valence-electron chi connectivity index (χ3n) is 3.74. The first kappa shape index (κ1) is 26.3. The summed E-state index contributed by atoms with van der Waals surface area (Å²) in [6.07, 6.45) is 1.63. The summed E-state index contributed by atoms with van der Waals surface area (Å²) in [7, 11) is 0. The zero-order valence-corrected chi connectivity index (χ0v) is 19.9. The first-order valence-electron chi connectivity index (χ1n) is 9.83. The number of carbonyl (C=O) groups excluding carboxylic acids is 2. The van der Waals surface area contributed by atoms with Crippen LogP contribution in [-0.4, -0.2) is 51.9 Å². The Hall–Kier alpha value is -3.92. The van der Waals surface area contributed by atoms with Gasteiger partial charge in [0, 0.05) is 0 Å². The molecule has 0 spiro atoms. The molecule has 0 bridgehead atoms. The highest BCUT2D eigenvalue weighted by atomic mass is 32.2. The third kappa shape index (κ3) is 7.04. The van der Waals surface area contributed by atoms with E-state index in [1.807, 2.05) is 6.07 Å². The lowest BCUT2D eigenvalue weighted by Gasteiger charge is -2.20. The molecule has 0 radical (unpaired) electrons. The van der Waals surface area contributed by atoms with E-state index in [0.29, 0.717) is 0 Å². The topological polar surface area (TPSA) is 164 Å². The quantitative estimate of drug-likeness (QED) is 0.165. The van der Waals surface area contributed by atoms with E-state index in [0.717, 1.165) is 11.8 Å². The molecule has 0 saturated heterocycles. The Kier molecular flexibility index (Phi) is 8.74. The Morgan fingerprint density at radius 1 is 1.24 bits per heavy atom. The zero-order chi connectivity index (χ0) is 25.5. The largest absolute Gasteiger partial charge is 0.463 e. The molecule has 0 aliphatic carbocycles. The monoisotopic (exact) mass is 490 g/mol. The number of nitriles is 1. The maximum absolute atomic E-state index is 12.5. The van der Waals surface area contributed by atoms with Gasteiger partial charge in [0.25, 0.3) is 0 Å². The van der Waals surface area contributed by atoms with E-state index in [-0.39, 0.29) is 28.6 Å². The van der Waals surface area contributed by atoms with Crippen LogP contribution in [0.4, 0.5) is 5.69 Å². The Morgan fingerprint density at radius 2 is 1.91 bits per heavy atom. The number of hydrogen-bond acceptors (Lipinski definition) is 12. The van der Waals surface area contributed by atoms with Crippen LogP contribution in [0.25, 0.3) is 0 Å². The molecule has 1 aromatic heterocycles. The summed E-state index contributed by atoms with van der Waals surface area (Å²) >= 11 is 1.05. The lowest BCUT2D eigenvalue weighted by atomic mass is 10.1. The molecule has 0 aliphatic heterocycles. The molecule has 12 nitrogen and oxygen atoms in total. The van der Waals surface area contributed by atoms with Gasteiger partial charge in [-0.25, -0.2) is 9.59 Å². The molecule has 0 amide bonds. The number of thioether (sulfide) groups is 1.